The van der Waals surface area contributed by atoms with Gasteiger partial charge < -0.3 is 25.7 Å². The van der Waals surface area contributed by atoms with Crippen LogP contribution in [0, 0.1) is 0 Å². The van der Waals surface area contributed by atoms with Gasteiger partial charge in [0, 0.05) is 36.9 Å². The molecule has 0 saturated heterocycles. The number of carboxylic acid groups (broad SMARTS) is 1. The average molecular weight is 308 g/mol. The van der Waals surface area contributed by atoms with E-state index in [1.54, 1.807) is 0 Å². The Morgan fingerprint density at radius 3 is 2.48 bits per heavy atom. The first-order valence-electron chi connectivity index (χ1n) is 10.4. The normalized spacial score (nSPS) is 20.4. The number of carboxylic acids is 1. The molecule has 1 rings (SSSR count). The van der Waals surface area contributed by atoms with Gasteiger partial charge in [0.2, 0.25) is 0 Å². The number of aromatic hydroxyl groups is 1. The van der Waals surface area contributed by atoms with Crippen LogP contribution in [0.2, 0.25) is 0 Å². The van der Waals surface area contributed by atoms with Gasteiger partial charge in [0.05, 0.1) is 12.7 Å². The van der Waals surface area contributed by atoms with Gasteiger partial charge in [-0.15, -0.1) is 0 Å². The molecule has 1 aromatic carbocycles. The molecule has 0 aliphatic carbocycles. The highest BCUT2D eigenvalue weighted by Crippen LogP contribution is 2.22. The first kappa shape index (κ1) is 8.73. The molecule has 0 radical (unpaired) electrons. The monoisotopic (exact) mass is 308 g/mol. The lowest BCUT2D eigenvalue weighted by molar-refractivity contribution is -0.134. The van der Waals surface area contributed by atoms with E-state index in [-0.39, 0.29) is 16.9 Å². The van der Waals surface area contributed by atoms with Crippen molar-refractivity contribution in [1.82, 2.24) is 5.32 Å². The van der Waals surface area contributed by atoms with Crippen LogP contribution in [0.4, 0.5) is 0 Å². The summed E-state index contributed by atoms with van der Waals surface area (Å²) in [7, 11) is 0. The fourth-order valence-corrected chi connectivity index (χ4v) is 1.31. The first-order chi connectivity index (χ1) is 13.3. The number of β-amino-alcohol motifs (C(OH)–C–C–N with tert-alkyl or cyclic N) is 1. The van der Waals surface area contributed by atoms with E-state index in [1.807, 2.05) is 5.32 Å². The summed E-state index contributed by atoms with van der Waals surface area (Å²) in [6, 6.07) is 3.71. The van der Waals surface area contributed by atoms with Crippen LogP contribution < -0.4 is 5.32 Å². The molecule has 1 unspecified atom stereocenters. The largest absolute Gasteiger partial charge is 0.508 e. The lowest BCUT2D eigenvalue weighted by Gasteiger charge is -2.23. The summed E-state index contributed by atoms with van der Waals surface area (Å²) >= 11 is 0. The van der Waals surface area contributed by atoms with Crippen LogP contribution in [0.1, 0.15) is 57.0 Å². The highest BCUT2D eigenvalue weighted by atomic mass is 16.4. The van der Waals surface area contributed by atoms with Crippen molar-refractivity contribution >= 4 is 5.97 Å². The van der Waals surface area contributed by atoms with Gasteiger partial charge in [-0.1, -0.05) is 6.07 Å². The first-order valence-corrected chi connectivity index (χ1v) is 5.87. The van der Waals surface area contributed by atoms with E-state index in [9.17, 15) is 10.2 Å². The summed E-state index contributed by atoms with van der Waals surface area (Å²) in [5.41, 5.74) is -3.02. The van der Waals surface area contributed by atoms with Crippen molar-refractivity contribution in [3.8, 4) is 5.75 Å². The molecule has 0 aromatic heterocycles. The lowest BCUT2D eigenvalue weighted by atomic mass is 10.0. The fourth-order valence-electron chi connectivity index (χ4n) is 1.31. The van der Waals surface area contributed by atoms with Gasteiger partial charge >= 0.3 is 0 Å². The van der Waals surface area contributed by atoms with Gasteiger partial charge in [-0.25, -0.2) is 0 Å². The Balaban J connectivity index is 0.00000192. The number of aliphatic carboxylic acids is 1. The zero-order valence-corrected chi connectivity index (χ0v) is 11.4. The molecule has 0 saturated carbocycles. The smallest absolute Gasteiger partial charge is 0.300 e. The van der Waals surface area contributed by atoms with Crippen LogP contribution in [-0.2, 0) is 11.4 Å². The van der Waals surface area contributed by atoms with Crippen molar-refractivity contribution in [2.75, 3.05) is 6.54 Å². The van der Waals surface area contributed by atoms with Crippen LogP contribution in [0.3, 0.4) is 0 Å². The predicted molar refractivity (Wildman–Crippen MR) is 80.1 cm³/mol. The van der Waals surface area contributed by atoms with E-state index in [2.05, 4.69) is 0 Å². The number of aliphatic hydroxyl groups excluding tert-OH is 2. The number of benzene rings is 1. The second kappa shape index (κ2) is 8.61. The maximum Gasteiger partial charge on any atom is 0.300 e. The van der Waals surface area contributed by atoms with E-state index in [0.29, 0.717) is 0 Å². The maximum absolute atomic E-state index is 10.2. The summed E-state index contributed by atoms with van der Waals surface area (Å²) < 4.78 is 67.4. The summed E-state index contributed by atoms with van der Waals surface area (Å²) in [5.74, 6) is -1.06. The Bertz CT molecular complexity index is 676. The maximum atomic E-state index is 10.2. The summed E-state index contributed by atoms with van der Waals surface area (Å²) in [4.78, 5) is 9.00. The third kappa shape index (κ3) is 9.01. The summed E-state index contributed by atoms with van der Waals surface area (Å²) in [6.45, 7) is -10.4. The zero-order valence-electron chi connectivity index (χ0n) is 20.4. The van der Waals surface area contributed by atoms with Crippen molar-refractivity contribution < 1.29 is 37.6 Å². The predicted octanol–water partition coefficient (Wildman–Crippen LogP) is 1.40. The van der Waals surface area contributed by atoms with Gasteiger partial charge in [-0.2, -0.15) is 0 Å². The van der Waals surface area contributed by atoms with Crippen LogP contribution >= 0.6 is 0 Å². The number of aliphatic hydroxyl groups is 2. The quantitative estimate of drug-likeness (QED) is 0.575. The molecule has 0 amide bonds. The Morgan fingerprint density at radius 1 is 1.43 bits per heavy atom. The van der Waals surface area contributed by atoms with Gasteiger partial charge in [0.1, 0.15) is 5.75 Å². The van der Waals surface area contributed by atoms with Crippen LogP contribution in [-0.4, -0.2) is 38.5 Å². The SMILES string of the molecule is CC(=O)O.[2H]C([2H])([2H])C(NCC(O)c1ccc(O)c(CO)c1)(C([2H])([2H])[2H])C([2H])([2H])[2H]. The van der Waals surface area contributed by atoms with E-state index in [4.69, 9.17) is 27.3 Å². The molecule has 120 valence electrons. The standard InChI is InChI=1S/C13H21NO3.C2H4O2/c1-13(2,3)14-7-12(17)9-4-5-11(16)10(6-9)8-15;1-2(3)4/h4-6,12,14-17H,7-8H2,1-3H3;1H3,(H,3,4)/i1D3,2D3,3D3;. The molecule has 0 bridgehead atoms. The van der Waals surface area contributed by atoms with E-state index in [1.165, 1.54) is 18.2 Å². The van der Waals surface area contributed by atoms with Crippen LogP contribution in [0.25, 0.3) is 0 Å². The molecular weight excluding hydrogens is 274 g/mol. The van der Waals surface area contributed by atoms with Gasteiger partial charge in [0.25, 0.3) is 5.97 Å². The van der Waals surface area contributed by atoms with Gasteiger partial charge in [-0.05, 0) is 38.3 Å². The average Bonchev–Trinajstić information content (AvgIpc) is 2.51. The van der Waals surface area contributed by atoms with Crippen molar-refractivity contribution in [3.05, 3.63) is 29.3 Å². The molecule has 5 N–H and O–H groups in total. The molecule has 0 aliphatic heterocycles. The molecule has 0 heterocycles. The molecule has 0 fully saturated rings. The van der Waals surface area contributed by atoms with Crippen molar-refractivity contribution in [3.63, 3.8) is 0 Å². The summed E-state index contributed by atoms with van der Waals surface area (Å²) in [5, 5.41) is 38.3. The second-order valence-electron chi connectivity index (χ2n) is 4.21. The highest BCUT2D eigenvalue weighted by Gasteiger charge is 2.14. The zero-order chi connectivity index (χ0) is 24.1. The Labute approximate surface area is 137 Å². The third-order valence-electron chi connectivity index (χ3n) is 2.22. The van der Waals surface area contributed by atoms with Crippen LogP contribution in [0.5, 0.6) is 5.75 Å². The van der Waals surface area contributed by atoms with Gasteiger partial charge in [0.15, 0.2) is 0 Å². The van der Waals surface area contributed by atoms with Gasteiger partial charge in [-0.3, -0.25) is 4.79 Å². The number of hydrogen-bond acceptors (Lipinski definition) is 5. The Morgan fingerprint density at radius 2 is 2.00 bits per heavy atom. The minimum Gasteiger partial charge on any atom is -0.508 e. The van der Waals surface area contributed by atoms with Crippen molar-refractivity contribution in [1.29, 1.82) is 0 Å². The molecule has 1 aromatic rings. The number of carbonyl (C=O) groups is 1. The molecule has 0 aliphatic rings. The van der Waals surface area contributed by atoms with Crippen molar-refractivity contribution in [2.24, 2.45) is 0 Å². The third-order valence-corrected chi connectivity index (χ3v) is 2.22. The topological polar surface area (TPSA) is 110 Å². The fraction of sp³-hybridized carbons (Fsp3) is 0.533. The number of nitrogens with one attached hydrogen (secondary N) is 1. The van der Waals surface area contributed by atoms with E-state index >= 15 is 0 Å². The molecule has 6 nitrogen and oxygen atoms in total. The molecule has 6 heteroatoms. The summed E-state index contributed by atoms with van der Waals surface area (Å²) in [6.07, 6.45) is -1.48. The van der Waals surface area contributed by atoms with Crippen molar-refractivity contribution in [2.45, 2.75) is 45.7 Å². The Kier molecular flexibility index (Phi) is 3.58. The minimum atomic E-state index is -3.42. The molecule has 0 spiro atoms. The second-order valence-corrected chi connectivity index (χ2v) is 4.21. The highest BCUT2D eigenvalue weighted by molar-refractivity contribution is 5.62. The number of rotatable bonds is 4. The number of hydrogen-bond donors (Lipinski definition) is 5. The number of phenols is 1. The van der Waals surface area contributed by atoms with E-state index < -0.39 is 51.3 Å². The lowest BCUT2D eigenvalue weighted by Crippen LogP contribution is -2.38. The Hall–Kier alpha value is -1.63. The molecule has 1 atom stereocenters. The molecular formula is C15H25NO5. The minimum absolute atomic E-state index is 0.0928. The van der Waals surface area contributed by atoms with Crippen LogP contribution in [0.15, 0.2) is 18.2 Å². The van der Waals surface area contributed by atoms with E-state index in [0.717, 1.165) is 6.92 Å². The molecule has 21 heavy (non-hydrogen) atoms.